The van der Waals surface area contributed by atoms with Gasteiger partial charge in [-0.3, -0.25) is 9.56 Å². The van der Waals surface area contributed by atoms with Gasteiger partial charge in [0.25, 0.3) is 0 Å². The Morgan fingerprint density at radius 1 is 1.20 bits per heavy atom. The van der Waals surface area contributed by atoms with Crippen molar-refractivity contribution in [3.8, 4) is 5.82 Å². The van der Waals surface area contributed by atoms with Gasteiger partial charge in [-0.2, -0.15) is 0 Å². The summed E-state index contributed by atoms with van der Waals surface area (Å²) in [7, 11) is 1.81. The van der Waals surface area contributed by atoms with E-state index < -0.39 is 0 Å². The molecule has 158 valence electrons. The van der Waals surface area contributed by atoms with Crippen LogP contribution in [0.4, 0.5) is 5.69 Å². The third-order valence-electron chi connectivity index (χ3n) is 5.19. The largest absolute Gasteiger partial charge is 0.369 e. The standard InChI is InChI=1S/C22H27N7.HI/c1-17-3-6-20(7-4-17)28-11-9-19(15-28)27-22(23-2)26-14-18-5-8-21(25-13-18)29-12-10-24-16-29;/h3-8,10,12-13,16,19H,9,11,14-15H2,1-2H3,(H2,23,26,27);1H. The van der Waals surface area contributed by atoms with Crippen molar-refractivity contribution in [3.05, 3.63) is 72.4 Å². The van der Waals surface area contributed by atoms with E-state index in [4.69, 9.17) is 0 Å². The van der Waals surface area contributed by atoms with Crippen LogP contribution in [0.15, 0.2) is 66.3 Å². The SMILES string of the molecule is CN=C(NCc1ccc(-n2ccnc2)nc1)NC1CCN(c2ccc(C)cc2)C1.I. The van der Waals surface area contributed by atoms with E-state index in [1.807, 2.05) is 30.1 Å². The number of guanidine groups is 1. The van der Waals surface area contributed by atoms with Crippen molar-refractivity contribution in [1.82, 2.24) is 25.2 Å². The molecule has 1 aliphatic rings. The first-order valence-corrected chi connectivity index (χ1v) is 9.93. The number of rotatable bonds is 5. The number of aromatic nitrogens is 3. The van der Waals surface area contributed by atoms with Crippen molar-refractivity contribution in [2.75, 3.05) is 25.0 Å². The quantitative estimate of drug-likeness (QED) is 0.309. The van der Waals surface area contributed by atoms with Crippen LogP contribution >= 0.6 is 24.0 Å². The van der Waals surface area contributed by atoms with Gasteiger partial charge in [-0.25, -0.2) is 9.97 Å². The number of halogens is 1. The van der Waals surface area contributed by atoms with Crippen LogP contribution in [0.5, 0.6) is 0 Å². The van der Waals surface area contributed by atoms with Gasteiger partial charge in [0.2, 0.25) is 0 Å². The van der Waals surface area contributed by atoms with Crippen molar-refractivity contribution < 1.29 is 0 Å². The number of imidazole rings is 1. The molecule has 30 heavy (non-hydrogen) atoms. The van der Waals surface area contributed by atoms with Crippen molar-refractivity contribution in [1.29, 1.82) is 0 Å². The summed E-state index contributed by atoms with van der Waals surface area (Å²) in [6, 6.07) is 13.2. The number of benzene rings is 1. The highest BCUT2D eigenvalue weighted by Gasteiger charge is 2.23. The lowest BCUT2D eigenvalue weighted by Gasteiger charge is -2.20. The molecule has 8 heteroatoms. The molecular formula is C22H28IN7. The maximum Gasteiger partial charge on any atom is 0.191 e. The van der Waals surface area contributed by atoms with Crippen molar-refractivity contribution in [2.45, 2.75) is 25.9 Å². The molecule has 0 saturated carbocycles. The van der Waals surface area contributed by atoms with E-state index in [-0.39, 0.29) is 24.0 Å². The number of pyridine rings is 1. The lowest BCUT2D eigenvalue weighted by Crippen LogP contribution is -2.44. The molecule has 0 amide bonds. The van der Waals surface area contributed by atoms with E-state index in [0.29, 0.717) is 12.6 Å². The Balaban J connectivity index is 0.00000256. The fourth-order valence-electron chi connectivity index (χ4n) is 3.51. The van der Waals surface area contributed by atoms with Gasteiger partial charge < -0.3 is 15.5 Å². The molecule has 2 aromatic heterocycles. The van der Waals surface area contributed by atoms with Crippen molar-refractivity contribution in [2.24, 2.45) is 4.99 Å². The van der Waals surface area contributed by atoms with Crippen LogP contribution in [0.3, 0.4) is 0 Å². The minimum atomic E-state index is 0. The zero-order chi connectivity index (χ0) is 20.1. The summed E-state index contributed by atoms with van der Waals surface area (Å²) in [5.41, 5.74) is 3.68. The maximum atomic E-state index is 4.49. The van der Waals surface area contributed by atoms with Gasteiger partial charge in [-0.1, -0.05) is 23.8 Å². The van der Waals surface area contributed by atoms with Gasteiger partial charge >= 0.3 is 0 Å². The number of aryl methyl sites for hydroxylation is 1. The van der Waals surface area contributed by atoms with Gasteiger partial charge in [0.05, 0.1) is 0 Å². The average molecular weight is 517 g/mol. The smallest absolute Gasteiger partial charge is 0.191 e. The summed E-state index contributed by atoms with van der Waals surface area (Å²) < 4.78 is 1.89. The minimum absolute atomic E-state index is 0. The van der Waals surface area contributed by atoms with Crippen LogP contribution in [0.1, 0.15) is 17.5 Å². The second kappa shape index (κ2) is 10.4. The van der Waals surface area contributed by atoms with E-state index >= 15 is 0 Å². The van der Waals surface area contributed by atoms with Gasteiger partial charge in [0.1, 0.15) is 12.1 Å². The number of nitrogens with zero attached hydrogens (tertiary/aromatic N) is 5. The molecule has 1 fully saturated rings. The van der Waals surface area contributed by atoms with E-state index in [2.05, 4.69) is 67.7 Å². The van der Waals surface area contributed by atoms with Crippen LogP contribution in [0.2, 0.25) is 0 Å². The van der Waals surface area contributed by atoms with Crippen molar-refractivity contribution >= 4 is 35.6 Å². The van der Waals surface area contributed by atoms with Gasteiger partial charge in [0, 0.05) is 57.0 Å². The summed E-state index contributed by atoms with van der Waals surface area (Å²) in [5.74, 6) is 1.68. The second-order valence-corrected chi connectivity index (χ2v) is 7.33. The summed E-state index contributed by atoms with van der Waals surface area (Å²) in [4.78, 5) is 15.3. The molecule has 0 aliphatic carbocycles. The van der Waals surface area contributed by atoms with Crippen LogP contribution in [0.25, 0.3) is 5.82 Å². The normalized spacial score (nSPS) is 16.3. The Labute approximate surface area is 194 Å². The highest BCUT2D eigenvalue weighted by Crippen LogP contribution is 2.20. The molecule has 0 radical (unpaired) electrons. The average Bonchev–Trinajstić information content (AvgIpc) is 3.44. The lowest BCUT2D eigenvalue weighted by atomic mass is 10.2. The molecule has 3 heterocycles. The monoisotopic (exact) mass is 517 g/mol. The highest BCUT2D eigenvalue weighted by atomic mass is 127. The van der Waals surface area contributed by atoms with Gasteiger partial charge in [0.15, 0.2) is 5.96 Å². The van der Waals surface area contributed by atoms with Gasteiger partial charge in [-0.05, 0) is 37.1 Å². The predicted octanol–water partition coefficient (Wildman–Crippen LogP) is 3.14. The topological polar surface area (TPSA) is 70.4 Å². The Morgan fingerprint density at radius 2 is 2.03 bits per heavy atom. The number of hydrogen-bond acceptors (Lipinski definition) is 4. The van der Waals surface area contributed by atoms with Crippen LogP contribution in [-0.2, 0) is 6.54 Å². The molecule has 0 bridgehead atoms. The molecule has 1 aliphatic heterocycles. The summed E-state index contributed by atoms with van der Waals surface area (Å²) in [6.45, 7) is 4.82. The van der Waals surface area contributed by atoms with E-state index in [9.17, 15) is 0 Å². The summed E-state index contributed by atoms with van der Waals surface area (Å²) in [6.07, 6.45) is 8.34. The van der Waals surface area contributed by atoms with Crippen molar-refractivity contribution in [3.63, 3.8) is 0 Å². The third-order valence-corrected chi connectivity index (χ3v) is 5.19. The molecule has 1 unspecified atom stereocenters. The fourth-order valence-corrected chi connectivity index (χ4v) is 3.51. The minimum Gasteiger partial charge on any atom is -0.369 e. The molecule has 3 aromatic rings. The van der Waals surface area contributed by atoms with Crippen LogP contribution in [-0.4, -0.2) is 46.7 Å². The lowest BCUT2D eigenvalue weighted by molar-refractivity contribution is 0.648. The van der Waals surface area contributed by atoms with Gasteiger partial charge in [-0.15, -0.1) is 24.0 Å². The number of nitrogens with one attached hydrogen (secondary N) is 2. The Morgan fingerprint density at radius 3 is 2.70 bits per heavy atom. The Bertz CT molecular complexity index is 937. The first-order chi connectivity index (χ1) is 14.2. The number of hydrogen-bond donors (Lipinski definition) is 2. The third kappa shape index (κ3) is 5.50. The second-order valence-electron chi connectivity index (χ2n) is 7.33. The summed E-state index contributed by atoms with van der Waals surface area (Å²) in [5, 5.41) is 6.94. The molecule has 4 rings (SSSR count). The predicted molar refractivity (Wildman–Crippen MR) is 132 cm³/mol. The number of anilines is 1. The maximum absolute atomic E-state index is 4.49. The number of aliphatic imine (C=N–C) groups is 1. The molecule has 2 N–H and O–H groups in total. The zero-order valence-electron chi connectivity index (χ0n) is 17.3. The highest BCUT2D eigenvalue weighted by molar-refractivity contribution is 14.0. The van der Waals surface area contributed by atoms with Crippen LogP contribution in [0, 0.1) is 6.92 Å². The Hall–Kier alpha value is -2.62. The first kappa shape index (κ1) is 22.1. The molecule has 0 spiro atoms. The van der Waals surface area contributed by atoms with E-state index in [1.54, 1.807) is 12.5 Å². The van der Waals surface area contributed by atoms with E-state index in [0.717, 1.165) is 36.9 Å². The molecule has 1 saturated heterocycles. The molecule has 1 aromatic carbocycles. The Kier molecular flexibility index (Phi) is 7.67. The first-order valence-electron chi connectivity index (χ1n) is 9.93. The van der Waals surface area contributed by atoms with Crippen LogP contribution < -0.4 is 15.5 Å². The molecular weight excluding hydrogens is 489 g/mol. The van der Waals surface area contributed by atoms with E-state index in [1.165, 1.54) is 11.3 Å². The zero-order valence-corrected chi connectivity index (χ0v) is 19.7. The molecule has 7 nitrogen and oxygen atoms in total. The fraction of sp³-hybridized carbons (Fsp3) is 0.318. The molecule has 1 atom stereocenters. The summed E-state index contributed by atoms with van der Waals surface area (Å²) >= 11 is 0.